The average Bonchev–Trinajstić information content (AvgIpc) is 2.89. The van der Waals surface area contributed by atoms with Gasteiger partial charge in [0.1, 0.15) is 17.4 Å². The Morgan fingerprint density at radius 2 is 2.00 bits per heavy atom. The van der Waals surface area contributed by atoms with Gasteiger partial charge >= 0.3 is 5.97 Å². The Balaban J connectivity index is 1.79. The molecule has 8 nitrogen and oxygen atoms in total. The number of carbonyl (C=O) groups excluding carboxylic acids is 4. The van der Waals surface area contributed by atoms with E-state index in [1.165, 1.54) is 4.90 Å². The topological polar surface area (TPSA) is 102 Å². The zero-order valence-corrected chi connectivity index (χ0v) is 17.4. The molecule has 9 heteroatoms. The molecule has 1 aromatic carbocycles. The van der Waals surface area contributed by atoms with E-state index < -0.39 is 23.5 Å². The fourth-order valence-corrected chi connectivity index (χ4v) is 3.73. The third-order valence-electron chi connectivity index (χ3n) is 4.37. The van der Waals surface area contributed by atoms with E-state index in [0.717, 1.165) is 0 Å². The van der Waals surface area contributed by atoms with Gasteiger partial charge in [0.05, 0.1) is 11.0 Å². The van der Waals surface area contributed by atoms with Crippen molar-refractivity contribution in [3.63, 3.8) is 0 Å². The lowest BCUT2D eigenvalue weighted by molar-refractivity contribution is -0.157. The molecule has 3 amide bonds. The van der Waals surface area contributed by atoms with Crippen LogP contribution in [0.4, 0.5) is 0 Å². The lowest BCUT2D eigenvalue weighted by atomic mass is 10.0. The Kier molecular flexibility index (Phi) is 5.47. The monoisotopic (exact) mass is 452 g/mol. The van der Waals surface area contributed by atoms with E-state index in [9.17, 15) is 19.2 Å². The fraction of sp³-hybridized carbons (Fsp3) is 0.474. The molecule has 1 unspecified atom stereocenters. The quantitative estimate of drug-likeness (QED) is 0.552. The number of piperidine rings is 1. The number of nitrogens with one attached hydrogen (secondary N) is 1. The molecule has 2 aliphatic heterocycles. The second-order valence-electron chi connectivity index (χ2n) is 7.68. The molecule has 1 N–H and O–H groups in total. The number of carbonyl (C=O) groups is 4. The number of fused-ring (bicyclic) bond motifs is 1. The summed E-state index contributed by atoms with van der Waals surface area (Å²) in [6, 6.07) is 2.60. The van der Waals surface area contributed by atoms with Crippen LogP contribution >= 0.6 is 15.9 Å². The molecule has 1 fully saturated rings. The summed E-state index contributed by atoms with van der Waals surface area (Å²) in [7, 11) is 0. The summed E-state index contributed by atoms with van der Waals surface area (Å²) in [5.41, 5.74) is 0.370. The minimum atomic E-state index is -0.713. The van der Waals surface area contributed by atoms with Crippen molar-refractivity contribution in [2.75, 3.05) is 6.61 Å². The van der Waals surface area contributed by atoms with Gasteiger partial charge < -0.3 is 14.4 Å². The number of imide groups is 1. The lowest BCUT2D eigenvalue weighted by Gasteiger charge is -2.29. The van der Waals surface area contributed by atoms with Crippen molar-refractivity contribution in [2.24, 2.45) is 0 Å². The van der Waals surface area contributed by atoms with E-state index in [0.29, 0.717) is 21.3 Å². The summed E-state index contributed by atoms with van der Waals surface area (Å²) in [6.07, 6.45) is 0.460. The first-order valence-electron chi connectivity index (χ1n) is 8.87. The molecular formula is C19H21BrN2O6. The van der Waals surface area contributed by atoms with Gasteiger partial charge in [-0.3, -0.25) is 19.7 Å². The van der Waals surface area contributed by atoms with Gasteiger partial charge in [-0.1, -0.05) is 0 Å². The average molecular weight is 453 g/mol. The van der Waals surface area contributed by atoms with Gasteiger partial charge in [-0.05, 0) is 55.3 Å². The van der Waals surface area contributed by atoms with E-state index in [-0.39, 0.29) is 37.8 Å². The minimum absolute atomic E-state index is 0.156. The number of amides is 3. The zero-order chi connectivity index (χ0) is 20.6. The highest BCUT2D eigenvalue weighted by molar-refractivity contribution is 9.10. The molecule has 0 aliphatic carbocycles. The summed E-state index contributed by atoms with van der Waals surface area (Å²) >= 11 is 3.39. The highest BCUT2D eigenvalue weighted by atomic mass is 79.9. The van der Waals surface area contributed by atoms with Crippen molar-refractivity contribution in [3.8, 4) is 5.75 Å². The number of rotatable bonds is 4. The molecule has 0 saturated carbocycles. The first-order valence-corrected chi connectivity index (χ1v) is 9.67. The van der Waals surface area contributed by atoms with Crippen LogP contribution in [-0.2, 0) is 25.7 Å². The maximum atomic E-state index is 12.8. The first-order chi connectivity index (χ1) is 13.1. The van der Waals surface area contributed by atoms with Crippen molar-refractivity contribution in [1.82, 2.24) is 10.2 Å². The number of hydrogen-bond acceptors (Lipinski definition) is 6. The highest BCUT2D eigenvalue weighted by Crippen LogP contribution is 2.38. The molecule has 1 saturated heterocycles. The van der Waals surface area contributed by atoms with Gasteiger partial charge in [0.25, 0.3) is 5.91 Å². The SMILES string of the molecule is CC(C)(C)OC(=O)COc1c(Br)ccc2c1CN(C1CCC(=O)NC1=O)C2=O. The van der Waals surface area contributed by atoms with Crippen molar-refractivity contribution >= 4 is 39.6 Å². The summed E-state index contributed by atoms with van der Waals surface area (Å²) in [5.74, 6) is -1.28. The number of halogens is 1. The molecule has 28 heavy (non-hydrogen) atoms. The van der Waals surface area contributed by atoms with Crippen molar-refractivity contribution in [3.05, 3.63) is 27.7 Å². The van der Waals surface area contributed by atoms with Crippen LogP contribution in [-0.4, -0.2) is 46.8 Å². The van der Waals surface area contributed by atoms with Crippen LogP contribution in [0, 0.1) is 0 Å². The van der Waals surface area contributed by atoms with Crippen LogP contribution < -0.4 is 10.1 Å². The normalized spacial score (nSPS) is 19.4. The molecule has 0 aromatic heterocycles. The summed E-state index contributed by atoms with van der Waals surface area (Å²) in [6.45, 7) is 5.13. The Morgan fingerprint density at radius 3 is 2.64 bits per heavy atom. The van der Waals surface area contributed by atoms with Crippen LogP contribution in [0.3, 0.4) is 0 Å². The van der Waals surface area contributed by atoms with Crippen molar-refractivity contribution in [2.45, 2.75) is 51.8 Å². The smallest absolute Gasteiger partial charge is 0.344 e. The predicted molar refractivity (Wildman–Crippen MR) is 102 cm³/mol. The van der Waals surface area contributed by atoms with E-state index in [1.54, 1.807) is 32.9 Å². The number of nitrogens with zero attached hydrogens (tertiary/aromatic N) is 1. The van der Waals surface area contributed by atoms with Crippen LogP contribution in [0.1, 0.15) is 49.5 Å². The number of ether oxygens (including phenoxy) is 2. The van der Waals surface area contributed by atoms with Crippen LogP contribution in [0.15, 0.2) is 16.6 Å². The van der Waals surface area contributed by atoms with Gasteiger partial charge in [0.15, 0.2) is 6.61 Å². The fourth-order valence-electron chi connectivity index (χ4n) is 3.24. The molecule has 2 aliphatic rings. The Morgan fingerprint density at radius 1 is 1.29 bits per heavy atom. The first kappa shape index (κ1) is 20.3. The van der Waals surface area contributed by atoms with E-state index in [4.69, 9.17) is 9.47 Å². The number of benzene rings is 1. The lowest BCUT2D eigenvalue weighted by Crippen LogP contribution is -2.52. The molecule has 2 heterocycles. The highest BCUT2D eigenvalue weighted by Gasteiger charge is 2.40. The van der Waals surface area contributed by atoms with Crippen LogP contribution in [0.25, 0.3) is 0 Å². The van der Waals surface area contributed by atoms with E-state index >= 15 is 0 Å². The molecular weight excluding hydrogens is 432 g/mol. The van der Waals surface area contributed by atoms with Gasteiger partial charge in [-0.15, -0.1) is 0 Å². The van der Waals surface area contributed by atoms with Crippen LogP contribution in [0.2, 0.25) is 0 Å². The minimum Gasteiger partial charge on any atom is -0.480 e. The number of hydrogen-bond donors (Lipinski definition) is 1. The maximum Gasteiger partial charge on any atom is 0.344 e. The molecule has 0 spiro atoms. The molecule has 0 radical (unpaired) electrons. The zero-order valence-electron chi connectivity index (χ0n) is 15.8. The molecule has 150 valence electrons. The van der Waals surface area contributed by atoms with Gasteiger partial charge in [-0.2, -0.15) is 0 Å². The third-order valence-corrected chi connectivity index (χ3v) is 5.00. The van der Waals surface area contributed by atoms with Gasteiger partial charge in [0.2, 0.25) is 11.8 Å². The largest absolute Gasteiger partial charge is 0.480 e. The van der Waals surface area contributed by atoms with Gasteiger partial charge in [-0.25, -0.2) is 4.79 Å². The third kappa shape index (κ3) is 4.19. The second kappa shape index (κ2) is 7.54. The second-order valence-corrected chi connectivity index (χ2v) is 8.53. The Labute approximate surface area is 170 Å². The van der Waals surface area contributed by atoms with Gasteiger partial charge in [0, 0.05) is 17.5 Å². The van der Waals surface area contributed by atoms with E-state index in [2.05, 4.69) is 21.2 Å². The van der Waals surface area contributed by atoms with Crippen molar-refractivity contribution < 1.29 is 28.7 Å². The van der Waals surface area contributed by atoms with Crippen LogP contribution in [0.5, 0.6) is 5.75 Å². The standard InChI is InChI=1S/C19H21BrN2O6/c1-19(2,3)28-15(24)9-27-16-11-8-22(13-6-7-14(23)21-17(13)25)18(26)10(11)4-5-12(16)20/h4-5,13H,6-9H2,1-3H3,(H,21,23,25). The van der Waals surface area contributed by atoms with E-state index in [1.807, 2.05) is 0 Å². The maximum absolute atomic E-state index is 12.8. The molecule has 1 atom stereocenters. The van der Waals surface area contributed by atoms with Crippen molar-refractivity contribution in [1.29, 1.82) is 0 Å². The summed E-state index contributed by atoms with van der Waals surface area (Å²) < 4.78 is 11.5. The Bertz CT molecular complexity index is 861. The molecule has 3 rings (SSSR count). The number of esters is 1. The Hall–Kier alpha value is -2.42. The predicted octanol–water partition coefficient (Wildman–Crippen LogP) is 1.93. The molecule has 1 aromatic rings. The summed E-state index contributed by atoms with van der Waals surface area (Å²) in [4.78, 5) is 49.7. The molecule has 0 bridgehead atoms. The summed E-state index contributed by atoms with van der Waals surface area (Å²) in [5, 5.41) is 2.27.